The summed E-state index contributed by atoms with van der Waals surface area (Å²) >= 11 is 0. The molecule has 1 aromatic carbocycles. The maximum absolute atomic E-state index is 12.1. The van der Waals surface area contributed by atoms with E-state index in [1.165, 1.54) is 12.1 Å². The summed E-state index contributed by atoms with van der Waals surface area (Å²) in [5.74, 6) is 0. The minimum atomic E-state index is -1.50. The molecule has 64 valence electrons. The van der Waals surface area contributed by atoms with Crippen LogP contribution in [-0.2, 0) is 6.61 Å². The first kappa shape index (κ1) is 13.4. The number of rotatable bonds is 2. The molecule has 0 aliphatic carbocycles. The number of halogens is 1. The van der Waals surface area contributed by atoms with Crippen LogP contribution < -0.4 is 56.5 Å². The van der Waals surface area contributed by atoms with Crippen molar-refractivity contribution < 1.29 is 65.7 Å². The summed E-state index contributed by atoms with van der Waals surface area (Å²) in [5.41, 5.74) is 1.21. The number of carbonyl (C=O) groups is 1. The maximum atomic E-state index is 12.1. The second kappa shape index (κ2) is 6.00. The molecule has 0 aliphatic rings. The second-order valence-electron chi connectivity index (χ2n) is 2.56. The molecule has 0 bridgehead atoms. The fourth-order valence-corrected chi connectivity index (χ4v) is 0.949. The number of hydrogen-bond acceptors (Lipinski definition) is 2. The Hall–Kier alpha value is 0.416. The van der Waals surface area contributed by atoms with Crippen molar-refractivity contribution in [1.29, 1.82) is 0 Å². The summed E-state index contributed by atoms with van der Waals surface area (Å²) in [6.45, 7) is 1.33. The molecule has 0 aliphatic heterocycles. The van der Waals surface area contributed by atoms with Gasteiger partial charge in [-0.1, -0.05) is 11.6 Å². The monoisotopic (exact) mass is 206 g/mol. The van der Waals surface area contributed by atoms with Crippen LogP contribution in [0.25, 0.3) is 0 Å². The Morgan fingerprint density at radius 3 is 2.62 bits per heavy atom. The minimum Gasteiger partial charge on any atom is -0.851 e. The van der Waals surface area contributed by atoms with Crippen LogP contribution in [0.2, 0.25) is 0 Å². The van der Waals surface area contributed by atoms with Crippen LogP contribution in [0, 0.1) is 6.92 Å². The van der Waals surface area contributed by atoms with E-state index in [-0.39, 0.29) is 56.9 Å². The first-order valence-corrected chi connectivity index (χ1v) is 3.52. The predicted octanol–water partition coefficient (Wildman–Crippen LogP) is -2.03. The van der Waals surface area contributed by atoms with E-state index in [2.05, 4.69) is 0 Å². The average molecular weight is 206 g/mol. The molecule has 0 N–H and O–H groups in total. The van der Waals surface area contributed by atoms with E-state index in [0.717, 1.165) is 5.56 Å². The average Bonchev–Trinajstić information content (AvgIpc) is 2.05. The third-order valence-electron chi connectivity index (χ3n) is 1.73. The first-order valence-electron chi connectivity index (χ1n) is 3.52. The maximum Gasteiger partial charge on any atom is 1.00 e. The second-order valence-corrected chi connectivity index (χ2v) is 2.56. The molecular formula is C9H8FKO2. The van der Waals surface area contributed by atoms with Crippen LogP contribution in [0.1, 0.15) is 21.5 Å². The molecule has 0 heterocycles. The number of hydrogen-bond donors (Lipinski definition) is 0. The molecule has 0 saturated carbocycles. The van der Waals surface area contributed by atoms with Gasteiger partial charge in [0, 0.05) is 0 Å². The molecule has 13 heavy (non-hydrogen) atoms. The molecule has 1 aromatic rings. The van der Waals surface area contributed by atoms with Crippen molar-refractivity contribution in [2.24, 2.45) is 0 Å². The van der Waals surface area contributed by atoms with Crippen LogP contribution in [-0.4, -0.2) is 6.04 Å². The van der Waals surface area contributed by atoms with Gasteiger partial charge in [-0.25, -0.2) is 0 Å². The third-order valence-corrected chi connectivity index (χ3v) is 1.73. The van der Waals surface area contributed by atoms with Gasteiger partial charge in [-0.05, 0) is 24.6 Å². The zero-order valence-corrected chi connectivity index (χ0v) is 10.8. The van der Waals surface area contributed by atoms with Gasteiger partial charge in [0.1, 0.15) is 0 Å². The van der Waals surface area contributed by atoms with Gasteiger partial charge in [0.15, 0.2) is 0 Å². The van der Waals surface area contributed by atoms with Crippen molar-refractivity contribution in [3.05, 3.63) is 34.9 Å². The van der Waals surface area contributed by atoms with Crippen LogP contribution in [0.5, 0.6) is 0 Å². The van der Waals surface area contributed by atoms with E-state index in [1.54, 1.807) is 13.0 Å². The van der Waals surface area contributed by atoms with Gasteiger partial charge in [-0.3, -0.25) is 4.79 Å². The molecule has 0 saturated heterocycles. The Bertz CT molecular complexity index is 312. The zero-order chi connectivity index (χ0) is 9.14. The van der Waals surface area contributed by atoms with Crippen molar-refractivity contribution in [3.8, 4) is 0 Å². The molecule has 2 nitrogen and oxygen atoms in total. The van der Waals surface area contributed by atoms with E-state index in [9.17, 15) is 14.3 Å². The van der Waals surface area contributed by atoms with E-state index in [4.69, 9.17) is 0 Å². The Kier molecular flexibility index (Phi) is 6.20. The summed E-state index contributed by atoms with van der Waals surface area (Å²) in [7, 11) is 0. The smallest absolute Gasteiger partial charge is 0.851 e. The molecule has 0 radical (unpaired) electrons. The van der Waals surface area contributed by atoms with Crippen LogP contribution in [0.15, 0.2) is 18.2 Å². The number of benzene rings is 1. The molecular weight excluding hydrogens is 198 g/mol. The zero-order valence-electron chi connectivity index (χ0n) is 7.63. The quantitative estimate of drug-likeness (QED) is 0.413. The summed E-state index contributed by atoms with van der Waals surface area (Å²) in [6.07, 6.45) is 0. The van der Waals surface area contributed by atoms with Crippen LogP contribution in [0.4, 0.5) is 4.39 Å². The van der Waals surface area contributed by atoms with Crippen molar-refractivity contribution in [3.63, 3.8) is 0 Å². The molecule has 0 spiro atoms. The SMILES string of the molecule is Cc1ccc(C(=O)F)cc1C[O-].[K+]. The van der Waals surface area contributed by atoms with Crippen LogP contribution in [0.3, 0.4) is 0 Å². The summed E-state index contributed by atoms with van der Waals surface area (Å²) in [4.78, 5) is 10.3. The van der Waals surface area contributed by atoms with E-state index >= 15 is 0 Å². The molecule has 0 atom stereocenters. The molecule has 0 aromatic heterocycles. The van der Waals surface area contributed by atoms with E-state index in [1.807, 2.05) is 0 Å². The van der Waals surface area contributed by atoms with Crippen molar-refractivity contribution in [1.82, 2.24) is 0 Å². The fraction of sp³-hybridized carbons (Fsp3) is 0.222. The Labute approximate surface area is 119 Å². The predicted molar refractivity (Wildman–Crippen MR) is 40.3 cm³/mol. The topological polar surface area (TPSA) is 40.1 Å². The summed E-state index contributed by atoms with van der Waals surface area (Å²) in [6, 6.07) is 2.74. The molecule has 0 unspecified atom stereocenters. The fourth-order valence-electron chi connectivity index (χ4n) is 0.949. The standard InChI is InChI=1S/C9H8FO2.K/c1-6-2-3-7(9(10)12)4-8(6)5-11;/h2-4H,5H2,1H3;/q-1;+1. The normalized spacial score (nSPS) is 9.15. The third kappa shape index (κ3) is 3.57. The Morgan fingerprint density at radius 2 is 2.15 bits per heavy atom. The van der Waals surface area contributed by atoms with Gasteiger partial charge in [0.2, 0.25) is 0 Å². The van der Waals surface area contributed by atoms with Gasteiger partial charge in [-0.2, -0.15) is 4.39 Å². The first-order chi connectivity index (χ1) is 5.65. The van der Waals surface area contributed by atoms with E-state index < -0.39 is 12.6 Å². The van der Waals surface area contributed by atoms with Gasteiger partial charge in [0.05, 0.1) is 5.56 Å². The molecule has 0 fully saturated rings. The van der Waals surface area contributed by atoms with E-state index in [0.29, 0.717) is 5.56 Å². The molecule has 4 heteroatoms. The van der Waals surface area contributed by atoms with Crippen molar-refractivity contribution in [2.75, 3.05) is 0 Å². The summed E-state index contributed by atoms with van der Waals surface area (Å²) < 4.78 is 12.1. The Balaban J connectivity index is 0.00000144. The van der Waals surface area contributed by atoms with Gasteiger partial charge >= 0.3 is 57.4 Å². The van der Waals surface area contributed by atoms with Crippen LogP contribution >= 0.6 is 0 Å². The van der Waals surface area contributed by atoms with Crippen molar-refractivity contribution >= 4 is 6.04 Å². The summed E-state index contributed by atoms with van der Waals surface area (Å²) in [5, 5.41) is 10.5. The minimum absolute atomic E-state index is 0. The van der Waals surface area contributed by atoms with Crippen molar-refractivity contribution in [2.45, 2.75) is 13.5 Å². The largest absolute Gasteiger partial charge is 1.00 e. The number of aryl methyl sites for hydroxylation is 1. The Morgan fingerprint density at radius 1 is 1.54 bits per heavy atom. The molecule has 1 rings (SSSR count). The van der Waals surface area contributed by atoms with Gasteiger partial charge < -0.3 is 5.11 Å². The van der Waals surface area contributed by atoms with Gasteiger partial charge in [0.25, 0.3) is 0 Å². The van der Waals surface area contributed by atoms with Gasteiger partial charge in [-0.15, -0.1) is 6.61 Å². The number of carbonyl (C=O) groups excluding carboxylic acids is 1. The molecule has 0 amide bonds.